The highest BCUT2D eigenvalue weighted by atomic mass is 32.1. The summed E-state index contributed by atoms with van der Waals surface area (Å²) in [4.78, 5) is 18.8. The van der Waals surface area contributed by atoms with Gasteiger partial charge in [0.25, 0.3) is 5.56 Å². The van der Waals surface area contributed by atoms with Gasteiger partial charge in [0.15, 0.2) is 0 Å². The second-order valence-electron chi connectivity index (χ2n) is 5.16. The van der Waals surface area contributed by atoms with Crippen molar-refractivity contribution in [3.05, 3.63) is 46.8 Å². The van der Waals surface area contributed by atoms with Crippen LogP contribution in [-0.4, -0.2) is 40.8 Å². The summed E-state index contributed by atoms with van der Waals surface area (Å²) >= 11 is 1.44. The number of piperazine rings is 1. The molecule has 1 aromatic carbocycles. The third-order valence-electron chi connectivity index (χ3n) is 3.70. The van der Waals surface area contributed by atoms with Crippen LogP contribution in [-0.2, 0) is 0 Å². The molecule has 0 aliphatic carbocycles. The average Bonchev–Trinajstić information content (AvgIpc) is 2.99. The maximum atomic E-state index is 11.9. The third kappa shape index (κ3) is 2.38. The van der Waals surface area contributed by atoms with Gasteiger partial charge in [-0.3, -0.25) is 4.79 Å². The summed E-state index contributed by atoms with van der Waals surface area (Å²) in [7, 11) is 0. The third-order valence-corrected chi connectivity index (χ3v) is 4.65. The standard InChI is InChI=1S/C15H15N5OS/c21-12-10-13(19-8-6-16-7-9-19)20-15(17-12)22-14(18-20)11-4-2-1-3-5-11/h1-5,10,16H,6-9H2. The summed E-state index contributed by atoms with van der Waals surface area (Å²) in [6, 6.07) is 11.5. The molecule has 3 aromatic rings. The number of aromatic nitrogens is 3. The Balaban J connectivity index is 1.86. The van der Waals surface area contributed by atoms with Gasteiger partial charge in [-0.05, 0) is 0 Å². The van der Waals surface area contributed by atoms with Gasteiger partial charge in [-0.1, -0.05) is 41.7 Å². The summed E-state index contributed by atoms with van der Waals surface area (Å²) in [5.74, 6) is 0.829. The number of anilines is 1. The zero-order valence-corrected chi connectivity index (χ0v) is 12.7. The molecule has 0 bridgehead atoms. The van der Waals surface area contributed by atoms with Crippen LogP contribution in [0.2, 0.25) is 0 Å². The lowest BCUT2D eigenvalue weighted by atomic mass is 10.2. The van der Waals surface area contributed by atoms with Crippen LogP contribution in [0.4, 0.5) is 5.82 Å². The number of fused-ring (bicyclic) bond motifs is 1. The molecule has 22 heavy (non-hydrogen) atoms. The summed E-state index contributed by atoms with van der Waals surface area (Å²) in [5, 5.41) is 8.86. The van der Waals surface area contributed by atoms with Crippen LogP contribution in [0.1, 0.15) is 0 Å². The fourth-order valence-electron chi connectivity index (χ4n) is 2.62. The van der Waals surface area contributed by atoms with Crippen LogP contribution in [0.15, 0.2) is 41.2 Å². The van der Waals surface area contributed by atoms with E-state index >= 15 is 0 Å². The number of nitrogens with one attached hydrogen (secondary N) is 1. The van der Waals surface area contributed by atoms with Crippen LogP contribution in [0.5, 0.6) is 0 Å². The molecule has 0 saturated carbocycles. The van der Waals surface area contributed by atoms with Crippen molar-refractivity contribution in [2.24, 2.45) is 0 Å². The van der Waals surface area contributed by atoms with E-state index < -0.39 is 0 Å². The number of hydrogen-bond acceptors (Lipinski definition) is 6. The minimum atomic E-state index is -0.211. The quantitative estimate of drug-likeness (QED) is 0.771. The van der Waals surface area contributed by atoms with Crippen molar-refractivity contribution >= 4 is 22.1 Å². The smallest absolute Gasteiger partial charge is 0.276 e. The first-order valence-electron chi connectivity index (χ1n) is 7.23. The van der Waals surface area contributed by atoms with E-state index in [0.29, 0.717) is 4.96 Å². The van der Waals surface area contributed by atoms with Gasteiger partial charge in [-0.25, -0.2) is 0 Å². The molecule has 0 spiro atoms. The Morgan fingerprint density at radius 2 is 1.91 bits per heavy atom. The molecule has 7 heteroatoms. The van der Waals surface area contributed by atoms with Gasteiger partial charge < -0.3 is 10.2 Å². The van der Waals surface area contributed by atoms with E-state index in [0.717, 1.165) is 42.6 Å². The minimum Gasteiger partial charge on any atom is -0.354 e. The van der Waals surface area contributed by atoms with Crippen molar-refractivity contribution < 1.29 is 0 Å². The normalized spacial score (nSPS) is 15.4. The Bertz CT molecular complexity index is 851. The fourth-order valence-corrected chi connectivity index (χ4v) is 3.52. The fraction of sp³-hybridized carbons (Fsp3) is 0.267. The van der Waals surface area contributed by atoms with E-state index in [9.17, 15) is 4.79 Å². The molecule has 0 unspecified atom stereocenters. The summed E-state index contributed by atoms with van der Waals surface area (Å²) in [6.07, 6.45) is 0. The molecule has 1 N–H and O–H groups in total. The first-order valence-corrected chi connectivity index (χ1v) is 8.05. The van der Waals surface area contributed by atoms with Crippen molar-refractivity contribution in [1.82, 2.24) is 19.9 Å². The molecule has 2 aromatic heterocycles. The molecule has 1 aliphatic rings. The first-order chi connectivity index (χ1) is 10.8. The Kier molecular flexibility index (Phi) is 3.36. The molecule has 0 radical (unpaired) electrons. The molecule has 1 fully saturated rings. The SMILES string of the molecule is O=c1cc(N2CCNCC2)n2nc(-c3ccccc3)sc2n1. The van der Waals surface area contributed by atoms with Crippen molar-refractivity contribution in [3.63, 3.8) is 0 Å². The lowest BCUT2D eigenvalue weighted by Crippen LogP contribution is -2.44. The highest BCUT2D eigenvalue weighted by Gasteiger charge is 2.17. The van der Waals surface area contributed by atoms with Crippen molar-refractivity contribution in [2.75, 3.05) is 31.1 Å². The maximum absolute atomic E-state index is 11.9. The molecule has 3 heterocycles. The van der Waals surface area contributed by atoms with Gasteiger partial charge in [0, 0.05) is 37.8 Å². The minimum absolute atomic E-state index is 0.211. The molecule has 0 atom stereocenters. The Hall–Kier alpha value is -2.25. The molecule has 6 nitrogen and oxygen atoms in total. The number of rotatable bonds is 2. The molecular formula is C15H15N5OS. The molecule has 112 valence electrons. The molecule has 0 amide bonds. The zero-order valence-electron chi connectivity index (χ0n) is 11.9. The van der Waals surface area contributed by atoms with E-state index in [1.165, 1.54) is 11.3 Å². The lowest BCUT2D eigenvalue weighted by Gasteiger charge is -2.28. The lowest BCUT2D eigenvalue weighted by molar-refractivity contribution is 0.579. The Morgan fingerprint density at radius 1 is 1.14 bits per heavy atom. The summed E-state index contributed by atoms with van der Waals surface area (Å²) in [6.45, 7) is 3.55. The second kappa shape index (κ2) is 5.51. The van der Waals surface area contributed by atoms with Crippen LogP contribution in [0.3, 0.4) is 0 Å². The van der Waals surface area contributed by atoms with E-state index in [-0.39, 0.29) is 5.56 Å². The van der Waals surface area contributed by atoms with Crippen LogP contribution >= 0.6 is 11.3 Å². The molecular weight excluding hydrogens is 298 g/mol. The monoisotopic (exact) mass is 313 g/mol. The largest absolute Gasteiger partial charge is 0.354 e. The predicted molar refractivity (Wildman–Crippen MR) is 87.7 cm³/mol. The van der Waals surface area contributed by atoms with Crippen LogP contribution < -0.4 is 15.8 Å². The van der Waals surface area contributed by atoms with E-state index in [2.05, 4.69) is 20.3 Å². The Morgan fingerprint density at radius 3 is 2.68 bits per heavy atom. The average molecular weight is 313 g/mol. The van der Waals surface area contributed by atoms with Gasteiger partial charge in [0.2, 0.25) is 4.96 Å². The second-order valence-corrected chi connectivity index (χ2v) is 6.11. The Labute approximate surface area is 131 Å². The number of nitrogens with zero attached hydrogens (tertiary/aromatic N) is 4. The van der Waals surface area contributed by atoms with Gasteiger partial charge >= 0.3 is 0 Å². The highest BCUT2D eigenvalue weighted by Crippen LogP contribution is 2.26. The molecule has 1 aliphatic heterocycles. The highest BCUT2D eigenvalue weighted by molar-refractivity contribution is 7.19. The summed E-state index contributed by atoms with van der Waals surface area (Å²) < 4.78 is 1.79. The van der Waals surface area contributed by atoms with Crippen molar-refractivity contribution in [3.8, 4) is 10.6 Å². The van der Waals surface area contributed by atoms with Gasteiger partial charge in [0.05, 0.1) is 0 Å². The van der Waals surface area contributed by atoms with E-state index in [1.807, 2.05) is 30.3 Å². The number of benzene rings is 1. The topological polar surface area (TPSA) is 62.5 Å². The molecule has 1 saturated heterocycles. The van der Waals surface area contributed by atoms with Gasteiger partial charge in [0.1, 0.15) is 10.8 Å². The van der Waals surface area contributed by atoms with Crippen molar-refractivity contribution in [1.29, 1.82) is 0 Å². The van der Waals surface area contributed by atoms with E-state index in [1.54, 1.807) is 10.6 Å². The number of hydrogen-bond donors (Lipinski definition) is 1. The molecule has 4 rings (SSSR count). The summed E-state index contributed by atoms with van der Waals surface area (Å²) in [5.41, 5.74) is 0.827. The van der Waals surface area contributed by atoms with Gasteiger partial charge in [-0.2, -0.15) is 14.6 Å². The van der Waals surface area contributed by atoms with E-state index in [4.69, 9.17) is 0 Å². The maximum Gasteiger partial charge on any atom is 0.276 e. The first kappa shape index (κ1) is 13.4. The van der Waals surface area contributed by atoms with Crippen LogP contribution in [0, 0.1) is 0 Å². The van der Waals surface area contributed by atoms with Crippen molar-refractivity contribution in [2.45, 2.75) is 0 Å². The zero-order chi connectivity index (χ0) is 14.9. The van der Waals surface area contributed by atoms with Crippen LogP contribution in [0.25, 0.3) is 15.5 Å². The predicted octanol–water partition coefficient (Wildman–Crippen LogP) is 1.23. The van der Waals surface area contributed by atoms with Gasteiger partial charge in [-0.15, -0.1) is 0 Å².